The number of halogens is 2. The Morgan fingerprint density at radius 1 is 1.00 bits per heavy atom. The molecule has 4 nitrogen and oxygen atoms in total. The molecule has 0 aliphatic heterocycles. The summed E-state index contributed by atoms with van der Waals surface area (Å²) in [4.78, 5) is 3.07. The second kappa shape index (κ2) is 5.75. The molecule has 0 fully saturated rings. The lowest BCUT2D eigenvalue weighted by molar-refractivity contribution is 0.599. The van der Waals surface area contributed by atoms with E-state index < -0.39 is 15.8 Å². The van der Waals surface area contributed by atoms with Crippen molar-refractivity contribution in [3.63, 3.8) is 0 Å². The van der Waals surface area contributed by atoms with Gasteiger partial charge in [0.2, 0.25) is 0 Å². The first-order valence-corrected chi connectivity index (χ1v) is 9.28. The molecule has 0 aliphatic carbocycles. The lowest BCUT2D eigenvalue weighted by Crippen LogP contribution is -2.13. The third-order valence-electron chi connectivity index (χ3n) is 4.01. The fourth-order valence-electron chi connectivity index (χ4n) is 2.84. The van der Waals surface area contributed by atoms with Gasteiger partial charge in [-0.25, -0.2) is 12.8 Å². The number of aromatic amines is 1. The predicted octanol–water partition coefficient (Wildman–Crippen LogP) is 4.91. The summed E-state index contributed by atoms with van der Waals surface area (Å²) in [6.45, 7) is 0. The molecule has 0 radical (unpaired) electrons. The Morgan fingerprint density at radius 2 is 1.80 bits per heavy atom. The van der Waals surface area contributed by atoms with Crippen LogP contribution in [0.3, 0.4) is 0 Å². The lowest BCUT2D eigenvalue weighted by Gasteiger charge is -2.08. The van der Waals surface area contributed by atoms with Crippen LogP contribution in [-0.4, -0.2) is 13.4 Å². The summed E-state index contributed by atoms with van der Waals surface area (Å²) in [5, 5.41) is 2.65. The molecule has 0 saturated carbocycles. The third-order valence-corrected chi connectivity index (χ3v) is 5.65. The van der Waals surface area contributed by atoms with E-state index in [1.54, 1.807) is 6.07 Å². The van der Waals surface area contributed by atoms with E-state index in [0.717, 1.165) is 22.4 Å². The Labute approximate surface area is 148 Å². The molecule has 4 aromatic rings. The van der Waals surface area contributed by atoms with Crippen LogP contribution in [0.25, 0.3) is 21.7 Å². The number of benzene rings is 3. The number of fused-ring (bicyclic) bond motifs is 3. The van der Waals surface area contributed by atoms with Gasteiger partial charge in [-0.3, -0.25) is 4.72 Å². The molecular weight excluding hydrogens is 363 g/mol. The van der Waals surface area contributed by atoms with E-state index >= 15 is 0 Å². The molecule has 1 heterocycles. The molecule has 0 saturated heterocycles. The van der Waals surface area contributed by atoms with Crippen LogP contribution in [0, 0.1) is 5.82 Å². The first-order valence-electron chi connectivity index (χ1n) is 7.42. The highest BCUT2D eigenvalue weighted by atomic mass is 35.5. The SMILES string of the molecule is O=S(=O)(Nc1ccc(Cl)cc1F)c1c[nH]c2c1ccc1ccccc12. The summed E-state index contributed by atoms with van der Waals surface area (Å²) in [5.74, 6) is -0.735. The highest BCUT2D eigenvalue weighted by Crippen LogP contribution is 2.31. The zero-order chi connectivity index (χ0) is 17.6. The molecule has 3 aromatic carbocycles. The molecule has 7 heteroatoms. The minimum absolute atomic E-state index is 0.0580. The topological polar surface area (TPSA) is 62.0 Å². The van der Waals surface area contributed by atoms with Gasteiger partial charge in [0.1, 0.15) is 10.7 Å². The fourth-order valence-corrected chi connectivity index (χ4v) is 4.24. The number of anilines is 1. The van der Waals surface area contributed by atoms with Gasteiger partial charge < -0.3 is 4.98 Å². The third kappa shape index (κ3) is 2.73. The average molecular weight is 375 g/mol. The normalized spacial score (nSPS) is 11.9. The number of nitrogens with one attached hydrogen (secondary N) is 2. The zero-order valence-electron chi connectivity index (χ0n) is 12.8. The van der Waals surface area contributed by atoms with Gasteiger partial charge in [0.25, 0.3) is 10.0 Å². The Balaban J connectivity index is 1.84. The van der Waals surface area contributed by atoms with Crippen molar-refractivity contribution in [2.24, 2.45) is 0 Å². The Morgan fingerprint density at radius 3 is 2.60 bits per heavy atom. The van der Waals surface area contributed by atoms with Crippen molar-refractivity contribution in [2.75, 3.05) is 4.72 Å². The molecular formula is C18H12ClFN2O2S. The number of rotatable bonds is 3. The van der Waals surface area contributed by atoms with Crippen LogP contribution >= 0.6 is 11.6 Å². The van der Waals surface area contributed by atoms with E-state index in [1.165, 1.54) is 18.3 Å². The quantitative estimate of drug-likeness (QED) is 0.535. The summed E-state index contributed by atoms with van der Waals surface area (Å²) in [7, 11) is -3.96. The summed E-state index contributed by atoms with van der Waals surface area (Å²) in [6, 6.07) is 15.0. The summed E-state index contributed by atoms with van der Waals surface area (Å²) < 4.78 is 41.6. The number of H-pyrrole nitrogens is 1. The first kappa shape index (κ1) is 15.9. The standard InChI is InChI=1S/C18H12ClFN2O2S/c19-12-6-8-16(15(20)9-12)22-25(23,24)17-10-21-18-13-4-2-1-3-11(13)5-7-14(17)18/h1-10,21-22H. The maximum Gasteiger partial charge on any atom is 0.264 e. The molecule has 0 amide bonds. The lowest BCUT2D eigenvalue weighted by atomic mass is 10.1. The fraction of sp³-hybridized carbons (Fsp3) is 0. The van der Waals surface area contributed by atoms with Crippen molar-refractivity contribution >= 4 is 49.0 Å². The molecule has 0 unspecified atom stereocenters. The molecule has 126 valence electrons. The van der Waals surface area contributed by atoms with Crippen LogP contribution in [0.4, 0.5) is 10.1 Å². The summed E-state index contributed by atoms with van der Waals surface area (Å²) >= 11 is 5.70. The van der Waals surface area contributed by atoms with Crippen LogP contribution in [0.2, 0.25) is 5.02 Å². The van der Waals surface area contributed by atoms with Crippen molar-refractivity contribution in [1.82, 2.24) is 4.98 Å². The van der Waals surface area contributed by atoms with Gasteiger partial charge in [-0.05, 0) is 23.6 Å². The van der Waals surface area contributed by atoms with Crippen molar-refractivity contribution in [1.29, 1.82) is 0 Å². The minimum atomic E-state index is -3.96. The maximum atomic E-state index is 13.9. The van der Waals surface area contributed by atoms with Crippen LogP contribution in [0.15, 0.2) is 65.7 Å². The van der Waals surface area contributed by atoms with E-state index in [-0.39, 0.29) is 15.6 Å². The maximum absolute atomic E-state index is 13.9. The predicted molar refractivity (Wildman–Crippen MR) is 98.0 cm³/mol. The molecule has 1 aromatic heterocycles. The molecule has 2 N–H and O–H groups in total. The zero-order valence-corrected chi connectivity index (χ0v) is 14.3. The molecule has 4 rings (SSSR count). The molecule has 0 bridgehead atoms. The van der Waals surface area contributed by atoms with Gasteiger partial charge in [0.05, 0.1) is 11.2 Å². The van der Waals surface area contributed by atoms with Crippen molar-refractivity contribution < 1.29 is 12.8 Å². The second-order valence-electron chi connectivity index (χ2n) is 5.59. The smallest absolute Gasteiger partial charge is 0.264 e. The highest BCUT2D eigenvalue weighted by molar-refractivity contribution is 7.93. The van der Waals surface area contributed by atoms with Crippen LogP contribution < -0.4 is 4.72 Å². The number of hydrogen-bond acceptors (Lipinski definition) is 2. The average Bonchev–Trinajstić information content (AvgIpc) is 3.03. The van der Waals surface area contributed by atoms with E-state index in [1.807, 2.05) is 30.3 Å². The van der Waals surface area contributed by atoms with Gasteiger partial charge in [-0.1, -0.05) is 48.0 Å². The summed E-state index contributed by atoms with van der Waals surface area (Å²) in [6.07, 6.45) is 1.41. The van der Waals surface area contributed by atoms with Gasteiger partial charge >= 0.3 is 0 Å². The Hall–Kier alpha value is -2.57. The molecule has 0 atom stereocenters. The highest BCUT2D eigenvalue weighted by Gasteiger charge is 2.21. The second-order valence-corrected chi connectivity index (χ2v) is 7.68. The number of aromatic nitrogens is 1. The van der Waals surface area contributed by atoms with Gasteiger partial charge in [-0.2, -0.15) is 0 Å². The van der Waals surface area contributed by atoms with Crippen LogP contribution in [0.5, 0.6) is 0 Å². The van der Waals surface area contributed by atoms with Gasteiger partial charge in [0.15, 0.2) is 0 Å². The van der Waals surface area contributed by atoms with Crippen LogP contribution in [0.1, 0.15) is 0 Å². The van der Waals surface area contributed by atoms with Gasteiger partial charge in [0, 0.05) is 22.0 Å². The van der Waals surface area contributed by atoms with E-state index in [4.69, 9.17) is 11.6 Å². The number of hydrogen-bond donors (Lipinski definition) is 2. The van der Waals surface area contributed by atoms with E-state index in [0.29, 0.717) is 5.39 Å². The molecule has 0 spiro atoms. The molecule has 25 heavy (non-hydrogen) atoms. The van der Waals surface area contributed by atoms with E-state index in [2.05, 4.69) is 9.71 Å². The van der Waals surface area contributed by atoms with Crippen molar-refractivity contribution in [3.05, 3.63) is 71.6 Å². The molecule has 0 aliphatic rings. The Kier molecular flexibility index (Phi) is 3.67. The first-order chi connectivity index (χ1) is 12.0. The minimum Gasteiger partial charge on any atom is -0.359 e. The van der Waals surface area contributed by atoms with E-state index in [9.17, 15) is 12.8 Å². The van der Waals surface area contributed by atoms with Gasteiger partial charge in [-0.15, -0.1) is 0 Å². The number of sulfonamides is 1. The van der Waals surface area contributed by atoms with Crippen molar-refractivity contribution in [3.8, 4) is 0 Å². The van der Waals surface area contributed by atoms with Crippen LogP contribution in [-0.2, 0) is 10.0 Å². The largest absolute Gasteiger partial charge is 0.359 e. The summed E-state index contributed by atoms with van der Waals surface area (Å²) in [5.41, 5.74) is 0.564. The Bertz CT molecular complexity index is 1220. The van der Waals surface area contributed by atoms with Crippen molar-refractivity contribution in [2.45, 2.75) is 4.90 Å². The monoisotopic (exact) mass is 374 g/mol.